The maximum absolute atomic E-state index is 12.5. The SMILES string of the molecule is CC/C=C\C(=O)C(C)(C)Oc1ccc(Br)cc1/C=C1/C(=O)Nc2cc(Cl)ccc21. The molecule has 6 heteroatoms. The summed E-state index contributed by atoms with van der Waals surface area (Å²) >= 11 is 9.49. The molecule has 0 saturated heterocycles. The first-order valence-corrected chi connectivity index (χ1v) is 10.4. The molecule has 150 valence electrons. The normalized spacial score (nSPS) is 14.9. The lowest BCUT2D eigenvalue weighted by atomic mass is 10.0. The number of ether oxygens (including phenoxy) is 1. The topological polar surface area (TPSA) is 55.4 Å². The van der Waals surface area contributed by atoms with Gasteiger partial charge in [0.1, 0.15) is 5.75 Å². The number of amides is 1. The van der Waals surface area contributed by atoms with Crippen LogP contribution < -0.4 is 10.1 Å². The highest BCUT2D eigenvalue weighted by Crippen LogP contribution is 2.37. The summed E-state index contributed by atoms with van der Waals surface area (Å²) in [4.78, 5) is 25.0. The van der Waals surface area contributed by atoms with E-state index in [2.05, 4.69) is 21.2 Å². The number of nitrogens with one attached hydrogen (secondary N) is 1. The van der Waals surface area contributed by atoms with E-state index in [0.29, 0.717) is 27.6 Å². The molecule has 1 N–H and O–H groups in total. The summed E-state index contributed by atoms with van der Waals surface area (Å²) in [6.07, 6.45) is 5.89. The summed E-state index contributed by atoms with van der Waals surface area (Å²) in [7, 11) is 0. The lowest BCUT2D eigenvalue weighted by Gasteiger charge is -2.25. The van der Waals surface area contributed by atoms with E-state index >= 15 is 0 Å². The summed E-state index contributed by atoms with van der Waals surface area (Å²) in [6, 6.07) is 10.7. The average molecular weight is 475 g/mol. The molecule has 1 heterocycles. The fourth-order valence-corrected chi connectivity index (χ4v) is 3.49. The first-order chi connectivity index (χ1) is 13.7. The number of anilines is 1. The van der Waals surface area contributed by atoms with Crippen molar-refractivity contribution in [3.05, 3.63) is 69.2 Å². The van der Waals surface area contributed by atoms with Gasteiger partial charge >= 0.3 is 0 Å². The van der Waals surface area contributed by atoms with Crippen LogP contribution in [0, 0.1) is 0 Å². The third-order valence-electron chi connectivity index (χ3n) is 4.50. The number of carbonyl (C=O) groups is 2. The van der Waals surface area contributed by atoms with Crippen molar-refractivity contribution < 1.29 is 14.3 Å². The molecule has 4 nitrogen and oxygen atoms in total. The minimum Gasteiger partial charge on any atom is -0.479 e. The van der Waals surface area contributed by atoms with E-state index in [1.807, 2.05) is 31.2 Å². The number of allylic oxidation sites excluding steroid dienone is 1. The average Bonchev–Trinajstić information content (AvgIpc) is 2.96. The van der Waals surface area contributed by atoms with E-state index in [-0.39, 0.29) is 11.7 Å². The number of benzene rings is 2. The summed E-state index contributed by atoms with van der Waals surface area (Å²) in [6.45, 7) is 5.43. The Morgan fingerprint density at radius 2 is 2.00 bits per heavy atom. The van der Waals surface area contributed by atoms with Crippen LogP contribution in [0.3, 0.4) is 0 Å². The van der Waals surface area contributed by atoms with Gasteiger partial charge in [0.25, 0.3) is 5.91 Å². The second-order valence-electron chi connectivity index (χ2n) is 7.17. The van der Waals surface area contributed by atoms with Crippen molar-refractivity contribution in [1.29, 1.82) is 0 Å². The molecule has 0 unspecified atom stereocenters. The Morgan fingerprint density at radius 1 is 1.24 bits per heavy atom. The standard InChI is InChI=1S/C23H21BrClNO3/c1-4-5-6-21(27)23(2,3)29-20-10-7-15(24)11-14(20)12-18-17-9-8-16(25)13-19(17)26-22(18)28/h5-13H,4H2,1-3H3,(H,26,28)/b6-5-,18-12+. The molecule has 1 aliphatic rings. The number of halogens is 2. The van der Waals surface area contributed by atoms with Crippen LogP contribution in [0.1, 0.15) is 38.3 Å². The molecule has 2 aromatic rings. The lowest BCUT2D eigenvalue weighted by molar-refractivity contribution is -0.126. The maximum atomic E-state index is 12.5. The smallest absolute Gasteiger partial charge is 0.256 e. The van der Waals surface area contributed by atoms with Crippen LogP contribution in [0.15, 0.2) is 53.0 Å². The highest BCUT2D eigenvalue weighted by molar-refractivity contribution is 9.10. The Bertz CT molecular complexity index is 1040. The van der Waals surface area contributed by atoms with Crippen LogP contribution in [0.25, 0.3) is 11.6 Å². The molecule has 2 aromatic carbocycles. The highest BCUT2D eigenvalue weighted by atomic mass is 79.9. The first kappa shape index (κ1) is 21.3. The second kappa shape index (κ2) is 8.56. The number of hydrogen-bond donors (Lipinski definition) is 1. The molecule has 0 aromatic heterocycles. The molecule has 0 bridgehead atoms. The maximum Gasteiger partial charge on any atom is 0.256 e. The van der Waals surface area contributed by atoms with Crippen LogP contribution >= 0.6 is 27.5 Å². The fraction of sp³-hybridized carbons (Fsp3) is 0.217. The number of carbonyl (C=O) groups excluding carboxylic acids is 2. The van der Waals surface area contributed by atoms with E-state index in [1.165, 1.54) is 0 Å². The molecule has 0 radical (unpaired) electrons. The molecule has 0 spiro atoms. The molecular weight excluding hydrogens is 454 g/mol. The monoisotopic (exact) mass is 473 g/mol. The van der Waals surface area contributed by atoms with Gasteiger partial charge in [-0.25, -0.2) is 0 Å². The van der Waals surface area contributed by atoms with Crippen LogP contribution in [0.4, 0.5) is 5.69 Å². The van der Waals surface area contributed by atoms with Crippen LogP contribution in [0.5, 0.6) is 5.75 Å². The zero-order valence-electron chi connectivity index (χ0n) is 16.4. The van der Waals surface area contributed by atoms with Crippen LogP contribution in [-0.4, -0.2) is 17.3 Å². The number of hydrogen-bond acceptors (Lipinski definition) is 3. The highest BCUT2D eigenvalue weighted by Gasteiger charge is 2.29. The fourth-order valence-electron chi connectivity index (χ4n) is 2.94. The van der Waals surface area contributed by atoms with Crippen molar-refractivity contribution in [2.45, 2.75) is 32.8 Å². The van der Waals surface area contributed by atoms with Gasteiger partial charge in [0.15, 0.2) is 11.4 Å². The Balaban J connectivity index is 2.01. The van der Waals surface area contributed by atoms with Crippen molar-refractivity contribution in [2.75, 3.05) is 5.32 Å². The predicted octanol–water partition coefficient (Wildman–Crippen LogP) is 6.29. The van der Waals surface area contributed by atoms with Crippen molar-refractivity contribution in [2.24, 2.45) is 0 Å². The van der Waals surface area contributed by atoms with Crippen molar-refractivity contribution in [3.63, 3.8) is 0 Å². The van der Waals surface area contributed by atoms with Gasteiger partial charge in [-0.05, 0) is 62.8 Å². The number of ketones is 1. The van der Waals surface area contributed by atoms with Crippen molar-refractivity contribution in [3.8, 4) is 5.75 Å². The summed E-state index contributed by atoms with van der Waals surface area (Å²) in [5.74, 6) is 0.174. The summed E-state index contributed by atoms with van der Waals surface area (Å²) in [5.41, 5.74) is 1.59. The Morgan fingerprint density at radius 3 is 2.72 bits per heavy atom. The van der Waals surface area contributed by atoms with Crippen LogP contribution in [0.2, 0.25) is 5.02 Å². The zero-order chi connectivity index (χ0) is 21.2. The lowest BCUT2D eigenvalue weighted by Crippen LogP contribution is -2.37. The third-order valence-corrected chi connectivity index (χ3v) is 5.23. The molecule has 0 aliphatic carbocycles. The Kier molecular flexibility index (Phi) is 6.30. The summed E-state index contributed by atoms with van der Waals surface area (Å²) < 4.78 is 6.92. The van der Waals surface area contributed by atoms with E-state index in [0.717, 1.165) is 16.5 Å². The van der Waals surface area contributed by atoms with Gasteiger partial charge < -0.3 is 10.1 Å². The van der Waals surface area contributed by atoms with Gasteiger partial charge in [-0.1, -0.05) is 46.6 Å². The number of rotatable bonds is 6. The van der Waals surface area contributed by atoms with E-state index < -0.39 is 5.60 Å². The zero-order valence-corrected chi connectivity index (χ0v) is 18.7. The molecular formula is C23H21BrClNO3. The van der Waals surface area contributed by atoms with Crippen molar-refractivity contribution >= 4 is 56.6 Å². The Labute approximate surface area is 183 Å². The molecule has 29 heavy (non-hydrogen) atoms. The van der Waals surface area contributed by atoms with Gasteiger partial charge in [0.2, 0.25) is 0 Å². The van der Waals surface area contributed by atoms with E-state index in [9.17, 15) is 9.59 Å². The molecule has 0 atom stereocenters. The third kappa shape index (κ3) is 4.80. The summed E-state index contributed by atoms with van der Waals surface area (Å²) in [5, 5.41) is 3.38. The minimum absolute atomic E-state index is 0.125. The van der Waals surface area contributed by atoms with Gasteiger partial charge in [-0.2, -0.15) is 0 Å². The van der Waals surface area contributed by atoms with E-state index in [1.54, 1.807) is 44.2 Å². The first-order valence-electron chi connectivity index (χ1n) is 9.24. The molecule has 0 saturated carbocycles. The van der Waals surface area contributed by atoms with Crippen molar-refractivity contribution in [1.82, 2.24) is 0 Å². The quantitative estimate of drug-likeness (QED) is 0.501. The number of fused-ring (bicyclic) bond motifs is 1. The van der Waals surface area contributed by atoms with Gasteiger partial charge in [-0.15, -0.1) is 0 Å². The predicted molar refractivity (Wildman–Crippen MR) is 121 cm³/mol. The van der Waals surface area contributed by atoms with Gasteiger partial charge in [0.05, 0.1) is 5.69 Å². The Hall–Kier alpha value is -2.37. The largest absolute Gasteiger partial charge is 0.479 e. The second-order valence-corrected chi connectivity index (χ2v) is 8.52. The van der Waals surface area contributed by atoms with Gasteiger partial charge in [-0.3, -0.25) is 9.59 Å². The molecule has 3 rings (SSSR count). The molecule has 0 fully saturated rings. The minimum atomic E-state index is -1.05. The van der Waals surface area contributed by atoms with Gasteiger partial charge in [0, 0.05) is 26.2 Å². The molecule has 1 aliphatic heterocycles. The van der Waals surface area contributed by atoms with E-state index in [4.69, 9.17) is 16.3 Å². The van der Waals surface area contributed by atoms with Crippen LogP contribution in [-0.2, 0) is 9.59 Å². The molecule has 1 amide bonds.